The summed E-state index contributed by atoms with van der Waals surface area (Å²) in [6.45, 7) is 4.22. The summed E-state index contributed by atoms with van der Waals surface area (Å²) < 4.78 is 1.67. The van der Waals surface area contributed by atoms with E-state index in [1.807, 2.05) is 24.2 Å². The molecule has 0 unspecified atom stereocenters. The van der Waals surface area contributed by atoms with E-state index in [0.717, 1.165) is 25.9 Å². The van der Waals surface area contributed by atoms with Crippen LogP contribution in [0.1, 0.15) is 19.8 Å². The summed E-state index contributed by atoms with van der Waals surface area (Å²) in [5, 5.41) is 7.38. The lowest BCUT2D eigenvalue weighted by atomic mass is 9.90. The van der Waals surface area contributed by atoms with Crippen molar-refractivity contribution in [2.45, 2.75) is 31.8 Å². The van der Waals surface area contributed by atoms with E-state index >= 15 is 0 Å². The zero-order chi connectivity index (χ0) is 12.3. The van der Waals surface area contributed by atoms with Crippen molar-refractivity contribution in [2.24, 2.45) is 0 Å². The number of likely N-dealkylation sites (tertiary alicyclic amines) is 1. The molecule has 0 bridgehead atoms. The highest BCUT2D eigenvalue weighted by atomic mass is 16.2. The molecule has 5 heteroatoms. The summed E-state index contributed by atoms with van der Waals surface area (Å²) in [6.07, 6.45) is 5.53. The van der Waals surface area contributed by atoms with Gasteiger partial charge in [0.2, 0.25) is 5.91 Å². The van der Waals surface area contributed by atoms with Gasteiger partial charge in [0, 0.05) is 31.0 Å². The maximum absolute atomic E-state index is 12.0. The molecule has 17 heavy (non-hydrogen) atoms. The van der Waals surface area contributed by atoms with Crippen LogP contribution >= 0.6 is 0 Å². The van der Waals surface area contributed by atoms with Gasteiger partial charge in [0.1, 0.15) is 6.54 Å². The maximum Gasteiger partial charge on any atom is 0.244 e. The van der Waals surface area contributed by atoms with E-state index in [1.54, 1.807) is 10.9 Å². The first kappa shape index (κ1) is 12.1. The first-order valence-corrected chi connectivity index (χ1v) is 6.07. The van der Waals surface area contributed by atoms with Crippen LogP contribution in [0.2, 0.25) is 0 Å². The lowest BCUT2D eigenvalue weighted by Crippen LogP contribution is -2.51. The maximum atomic E-state index is 12.0. The molecule has 1 saturated heterocycles. The normalized spacial score (nSPS) is 19.3. The number of carbonyl (C=O) groups excluding carboxylic acids is 1. The zero-order valence-electron chi connectivity index (χ0n) is 10.5. The Balaban J connectivity index is 1.86. The molecule has 1 aliphatic rings. The van der Waals surface area contributed by atoms with Crippen molar-refractivity contribution in [1.82, 2.24) is 20.0 Å². The van der Waals surface area contributed by atoms with E-state index in [4.69, 9.17) is 0 Å². The van der Waals surface area contributed by atoms with Gasteiger partial charge in [-0.2, -0.15) is 5.10 Å². The van der Waals surface area contributed by atoms with Crippen LogP contribution < -0.4 is 5.32 Å². The van der Waals surface area contributed by atoms with E-state index in [9.17, 15) is 4.79 Å². The molecule has 1 fully saturated rings. The van der Waals surface area contributed by atoms with Crippen LogP contribution in [-0.2, 0) is 11.3 Å². The fourth-order valence-corrected chi connectivity index (χ4v) is 2.13. The largest absolute Gasteiger partial charge is 0.341 e. The summed E-state index contributed by atoms with van der Waals surface area (Å²) in [7, 11) is 1.99. The fourth-order valence-electron chi connectivity index (χ4n) is 2.13. The minimum atomic E-state index is 0.159. The second kappa shape index (κ2) is 4.87. The van der Waals surface area contributed by atoms with Crippen molar-refractivity contribution < 1.29 is 4.79 Å². The molecule has 5 nitrogen and oxygen atoms in total. The number of nitrogens with zero attached hydrogens (tertiary/aromatic N) is 3. The molecule has 0 saturated carbocycles. The Morgan fingerprint density at radius 1 is 1.47 bits per heavy atom. The van der Waals surface area contributed by atoms with Gasteiger partial charge in [0.25, 0.3) is 0 Å². The van der Waals surface area contributed by atoms with Crippen LogP contribution in [0.4, 0.5) is 0 Å². The Hall–Kier alpha value is -1.36. The lowest BCUT2D eigenvalue weighted by Gasteiger charge is -2.39. The third kappa shape index (κ3) is 2.85. The Kier molecular flexibility index (Phi) is 3.47. The average molecular weight is 236 g/mol. The van der Waals surface area contributed by atoms with Gasteiger partial charge in [-0.15, -0.1) is 0 Å². The Morgan fingerprint density at radius 3 is 2.71 bits per heavy atom. The van der Waals surface area contributed by atoms with Crippen molar-refractivity contribution >= 4 is 5.91 Å². The van der Waals surface area contributed by atoms with Crippen molar-refractivity contribution in [3.05, 3.63) is 18.5 Å². The molecule has 2 rings (SSSR count). The molecule has 1 aromatic heterocycles. The number of hydrogen-bond donors (Lipinski definition) is 1. The average Bonchev–Trinajstić information content (AvgIpc) is 2.83. The van der Waals surface area contributed by atoms with Gasteiger partial charge in [0.15, 0.2) is 0 Å². The number of nitrogens with one attached hydrogen (secondary N) is 1. The molecule has 0 aromatic carbocycles. The second-order valence-corrected chi connectivity index (χ2v) is 4.90. The van der Waals surface area contributed by atoms with Crippen molar-refractivity contribution in [1.29, 1.82) is 0 Å². The Labute approximate surface area is 102 Å². The molecular formula is C12H20N4O. The quantitative estimate of drug-likeness (QED) is 0.830. The van der Waals surface area contributed by atoms with Crippen LogP contribution in [0.25, 0.3) is 0 Å². The van der Waals surface area contributed by atoms with Crippen LogP contribution in [0, 0.1) is 0 Å². The molecule has 1 aromatic rings. The number of aromatic nitrogens is 2. The smallest absolute Gasteiger partial charge is 0.244 e. The summed E-state index contributed by atoms with van der Waals surface area (Å²) in [5.74, 6) is 0.159. The molecule has 0 radical (unpaired) electrons. The van der Waals surface area contributed by atoms with Crippen molar-refractivity contribution in [3.63, 3.8) is 0 Å². The molecule has 0 spiro atoms. The second-order valence-electron chi connectivity index (χ2n) is 4.90. The SMILES string of the molecule is CNC1(C)CCN(C(=O)Cn2cccn2)CC1. The highest BCUT2D eigenvalue weighted by Crippen LogP contribution is 2.21. The van der Waals surface area contributed by atoms with Crippen molar-refractivity contribution in [3.8, 4) is 0 Å². The third-order valence-electron chi connectivity index (χ3n) is 3.68. The molecule has 94 valence electrons. The van der Waals surface area contributed by atoms with Crippen LogP contribution in [0.15, 0.2) is 18.5 Å². The summed E-state index contributed by atoms with van der Waals surface area (Å²) >= 11 is 0. The fraction of sp³-hybridized carbons (Fsp3) is 0.667. The Morgan fingerprint density at radius 2 is 2.18 bits per heavy atom. The predicted octanol–water partition coefficient (Wildman–Crippen LogP) is 0.484. The zero-order valence-corrected chi connectivity index (χ0v) is 10.5. The van der Waals surface area contributed by atoms with E-state index < -0.39 is 0 Å². The molecule has 0 aliphatic carbocycles. The topological polar surface area (TPSA) is 50.2 Å². The minimum absolute atomic E-state index is 0.159. The summed E-state index contributed by atoms with van der Waals surface area (Å²) in [5.41, 5.74) is 0.183. The van der Waals surface area contributed by atoms with Crippen LogP contribution in [0.5, 0.6) is 0 Å². The molecule has 2 heterocycles. The Bertz CT molecular complexity index is 366. The van der Waals surface area contributed by atoms with Crippen LogP contribution in [0.3, 0.4) is 0 Å². The van der Waals surface area contributed by atoms with Gasteiger partial charge in [-0.3, -0.25) is 9.48 Å². The molecular weight excluding hydrogens is 216 g/mol. The lowest BCUT2D eigenvalue weighted by molar-refractivity contribution is -0.133. The number of rotatable bonds is 3. The summed E-state index contributed by atoms with van der Waals surface area (Å²) in [4.78, 5) is 13.9. The standard InChI is InChI=1S/C12H20N4O/c1-12(13-2)4-8-15(9-5-12)11(17)10-16-7-3-6-14-16/h3,6-7,13H,4-5,8-10H2,1-2H3. The van der Waals surface area contributed by atoms with Gasteiger partial charge < -0.3 is 10.2 Å². The first-order chi connectivity index (χ1) is 8.13. The van der Waals surface area contributed by atoms with Gasteiger partial charge in [0.05, 0.1) is 0 Å². The van der Waals surface area contributed by atoms with Gasteiger partial charge >= 0.3 is 0 Å². The molecule has 1 aliphatic heterocycles. The molecule has 0 atom stereocenters. The number of amides is 1. The first-order valence-electron chi connectivity index (χ1n) is 6.07. The number of hydrogen-bond acceptors (Lipinski definition) is 3. The van der Waals surface area contributed by atoms with Gasteiger partial charge in [-0.1, -0.05) is 0 Å². The minimum Gasteiger partial charge on any atom is -0.341 e. The third-order valence-corrected chi connectivity index (χ3v) is 3.68. The molecule has 1 amide bonds. The highest BCUT2D eigenvalue weighted by Gasteiger charge is 2.30. The monoisotopic (exact) mass is 236 g/mol. The van der Waals surface area contributed by atoms with E-state index in [-0.39, 0.29) is 11.4 Å². The van der Waals surface area contributed by atoms with Gasteiger partial charge in [-0.05, 0) is 32.9 Å². The van der Waals surface area contributed by atoms with E-state index in [2.05, 4.69) is 17.3 Å². The van der Waals surface area contributed by atoms with E-state index in [0.29, 0.717) is 6.54 Å². The number of piperidine rings is 1. The van der Waals surface area contributed by atoms with Crippen molar-refractivity contribution in [2.75, 3.05) is 20.1 Å². The highest BCUT2D eigenvalue weighted by molar-refractivity contribution is 5.76. The van der Waals surface area contributed by atoms with Gasteiger partial charge in [-0.25, -0.2) is 0 Å². The number of carbonyl (C=O) groups is 1. The molecule has 1 N–H and O–H groups in total. The van der Waals surface area contributed by atoms with E-state index in [1.165, 1.54) is 0 Å². The van der Waals surface area contributed by atoms with Crippen LogP contribution in [-0.4, -0.2) is 46.3 Å². The summed E-state index contributed by atoms with van der Waals surface area (Å²) in [6, 6.07) is 1.83. The predicted molar refractivity (Wildman–Crippen MR) is 65.5 cm³/mol.